The lowest BCUT2D eigenvalue weighted by molar-refractivity contribution is -0.419. The van der Waals surface area contributed by atoms with Gasteiger partial charge in [0.2, 0.25) is 10.0 Å². The summed E-state index contributed by atoms with van der Waals surface area (Å²) in [5.41, 5.74) is -0.666. The van der Waals surface area contributed by atoms with Crippen LogP contribution < -0.4 is 4.72 Å². The molecule has 0 amide bonds. The minimum atomic E-state index is -4.05. The van der Waals surface area contributed by atoms with Crippen molar-refractivity contribution in [3.63, 3.8) is 0 Å². The first-order valence-electron chi connectivity index (χ1n) is 4.14. The normalized spacial score (nSPS) is 12.8. The van der Waals surface area contributed by atoms with Gasteiger partial charge in [-0.3, -0.25) is 10.1 Å². The average Bonchev–Trinajstić information content (AvgIpc) is 2.21. The van der Waals surface area contributed by atoms with Crippen LogP contribution in [0.2, 0.25) is 0 Å². The van der Waals surface area contributed by atoms with Gasteiger partial charge in [-0.2, -0.15) is 0 Å². The van der Waals surface area contributed by atoms with Crippen molar-refractivity contribution in [2.45, 2.75) is 0 Å². The van der Waals surface area contributed by atoms with Crippen molar-refractivity contribution in [3.8, 4) is 0 Å². The second-order valence-corrected chi connectivity index (χ2v) is 4.27. The zero-order valence-electron chi connectivity index (χ0n) is 8.42. The molecule has 0 atom stereocenters. The number of allylic oxidation sites excluding steroid dienone is 2. The lowest BCUT2D eigenvalue weighted by Crippen LogP contribution is -2.28. The molecule has 16 heavy (non-hydrogen) atoms. The highest BCUT2D eigenvalue weighted by atomic mass is 32.2. The molecule has 0 heterocycles. The summed E-state index contributed by atoms with van der Waals surface area (Å²) in [6.07, 6.45) is 1.66. The summed E-state index contributed by atoms with van der Waals surface area (Å²) in [5, 5.41) is 19.0. The van der Waals surface area contributed by atoms with Gasteiger partial charge in [-0.1, -0.05) is 13.2 Å². The fourth-order valence-electron chi connectivity index (χ4n) is 0.875. The van der Waals surface area contributed by atoms with Crippen LogP contribution >= 0.6 is 0 Å². The molecule has 0 spiro atoms. The van der Waals surface area contributed by atoms with Crippen LogP contribution in [0.4, 0.5) is 0 Å². The molecule has 7 nitrogen and oxygen atoms in total. The van der Waals surface area contributed by atoms with E-state index in [1.165, 1.54) is 0 Å². The summed E-state index contributed by atoms with van der Waals surface area (Å²) < 4.78 is 25.0. The highest BCUT2D eigenvalue weighted by molar-refractivity contribution is 7.93. The molecule has 0 unspecified atom stereocenters. The number of nitro groups is 1. The maximum Gasteiger partial charge on any atom is 0.288 e. The highest BCUT2D eigenvalue weighted by Gasteiger charge is 2.24. The number of hydrogen-bond acceptors (Lipinski definition) is 5. The molecule has 0 saturated carbocycles. The van der Waals surface area contributed by atoms with E-state index in [0.717, 1.165) is 12.2 Å². The fourth-order valence-corrected chi connectivity index (χ4v) is 2.04. The lowest BCUT2D eigenvalue weighted by Gasteiger charge is -2.05. The van der Waals surface area contributed by atoms with Crippen molar-refractivity contribution in [1.29, 1.82) is 0 Å². The van der Waals surface area contributed by atoms with Crippen LogP contribution in [0.25, 0.3) is 0 Å². The molecule has 0 rings (SSSR count). The van der Waals surface area contributed by atoms with Gasteiger partial charge < -0.3 is 5.11 Å². The minimum absolute atomic E-state index is 0.234. The molecular weight excluding hydrogens is 236 g/mol. The second kappa shape index (κ2) is 6.16. The van der Waals surface area contributed by atoms with Crippen LogP contribution in [0.15, 0.2) is 35.9 Å². The van der Waals surface area contributed by atoms with E-state index in [9.17, 15) is 18.5 Å². The summed E-state index contributed by atoms with van der Waals surface area (Å²) >= 11 is 0. The SMILES string of the molecule is C=C/C(=C(\C=C)S(=O)(=O)NCCO)[N+](=O)[O-]. The first-order chi connectivity index (χ1) is 7.40. The largest absolute Gasteiger partial charge is 0.395 e. The zero-order chi connectivity index (χ0) is 12.8. The van der Waals surface area contributed by atoms with E-state index in [2.05, 4.69) is 13.2 Å². The second-order valence-electron chi connectivity index (χ2n) is 2.54. The summed E-state index contributed by atoms with van der Waals surface area (Å²) in [6.45, 7) is 5.71. The van der Waals surface area contributed by atoms with Gasteiger partial charge in [0, 0.05) is 12.6 Å². The third kappa shape index (κ3) is 3.57. The summed E-state index contributed by atoms with van der Waals surface area (Å²) in [6, 6.07) is 0. The Hall–Kier alpha value is -1.51. The van der Waals surface area contributed by atoms with Crippen molar-refractivity contribution in [2.75, 3.05) is 13.2 Å². The van der Waals surface area contributed by atoms with E-state index in [4.69, 9.17) is 5.11 Å². The fraction of sp³-hybridized carbons (Fsp3) is 0.250. The zero-order valence-corrected chi connectivity index (χ0v) is 9.24. The van der Waals surface area contributed by atoms with Gasteiger partial charge in [0.25, 0.3) is 5.70 Å². The van der Waals surface area contributed by atoms with E-state index in [1.807, 2.05) is 4.72 Å². The van der Waals surface area contributed by atoms with Gasteiger partial charge in [-0.15, -0.1) is 0 Å². The van der Waals surface area contributed by atoms with Crippen molar-refractivity contribution in [2.24, 2.45) is 0 Å². The van der Waals surface area contributed by atoms with Crippen LogP contribution in [0.3, 0.4) is 0 Å². The maximum atomic E-state index is 11.5. The lowest BCUT2D eigenvalue weighted by atomic mass is 10.4. The van der Waals surface area contributed by atoms with Crippen LogP contribution in [0.1, 0.15) is 0 Å². The molecule has 2 N–H and O–H groups in total. The molecule has 0 aromatic heterocycles. The molecule has 8 heteroatoms. The van der Waals surface area contributed by atoms with E-state index >= 15 is 0 Å². The van der Waals surface area contributed by atoms with Gasteiger partial charge in [0.05, 0.1) is 11.5 Å². The standard InChI is InChI=1S/C8H12N2O5S/c1-3-7(10(12)13)8(4-2)16(14,15)9-5-6-11/h3-4,9,11H,1-2,5-6H2/b8-7-. The monoisotopic (exact) mass is 248 g/mol. The minimum Gasteiger partial charge on any atom is -0.395 e. The Bertz CT molecular complexity index is 424. The number of nitrogens with one attached hydrogen (secondary N) is 1. The van der Waals surface area contributed by atoms with Crippen LogP contribution in [0, 0.1) is 10.1 Å². The Morgan fingerprint density at radius 1 is 1.44 bits per heavy atom. The van der Waals surface area contributed by atoms with E-state index in [1.54, 1.807) is 0 Å². The molecule has 0 bridgehead atoms. The van der Waals surface area contributed by atoms with Gasteiger partial charge in [0.1, 0.15) is 0 Å². The van der Waals surface area contributed by atoms with Gasteiger partial charge in [0.15, 0.2) is 4.91 Å². The van der Waals surface area contributed by atoms with Crippen molar-refractivity contribution in [3.05, 3.63) is 46.0 Å². The Morgan fingerprint density at radius 2 is 2.00 bits per heavy atom. The molecule has 90 valence electrons. The summed E-state index contributed by atoms with van der Waals surface area (Å²) in [7, 11) is -4.05. The van der Waals surface area contributed by atoms with E-state index in [0.29, 0.717) is 0 Å². The van der Waals surface area contributed by atoms with Crippen molar-refractivity contribution in [1.82, 2.24) is 4.72 Å². The Morgan fingerprint density at radius 3 is 2.31 bits per heavy atom. The van der Waals surface area contributed by atoms with Gasteiger partial charge >= 0.3 is 0 Å². The predicted molar refractivity (Wildman–Crippen MR) is 58.4 cm³/mol. The third-order valence-electron chi connectivity index (χ3n) is 1.52. The number of aliphatic hydroxyl groups excluding tert-OH is 1. The first-order valence-corrected chi connectivity index (χ1v) is 5.63. The topological polar surface area (TPSA) is 110 Å². The van der Waals surface area contributed by atoms with Crippen LogP contribution in [-0.2, 0) is 10.0 Å². The highest BCUT2D eigenvalue weighted by Crippen LogP contribution is 2.13. The molecular formula is C8H12N2O5S. The Balaban J connectivity index is 5.51. The molecule has 0 aliphatic carbocycles. The maximum absolute atomic E-state index is 11.5. The number of rotatable bonds is 7. The summed E-state index contributed by atoms with van der Waals surface area (Å²) in [5.74, 6) is 0. The molecule has 0 saturated heterocycles. The summed E-state index contributed by atoms with van der Waals surface area (Å²) in [4.78, 5) is 9.08. The number of hydrogen-bond donors (Lipinski definition) is 2. The van der Waals surface area contributed by atoms with Gasteiger partial charge in [-0.05, 0) is 6.08 Å². The van der Waals surface area contributed by atoms with Gasteiger partial charge in [-0.25, -0.2) is 13.1 Å². The Kier molecular flexibility index (Phi) is 5.57. The quantitative estimate of drug-likeness (QED) is 0.367. The molecule has 0 aromatic rings. The Labute approximate surface area is 93.0 Å². The number of aliphatic hydroxyl groups is 1. The van der Waals surface area contributed by atoms with Crippen molar-refractivity contribution < 1.29 is 18.4 Å². The molecule has 0 aromatic carbocycles. The number of nitrogens with zero attached hydrogens (tertiary/aromatic N) is 1. The molecule has 0 radical (unpaired) electrons. The number of sulfonamides is 1. The van der Waals surface area contributed by atoms with Crippen molar-refractivity contribution >= 4 is 10.0 Å². The first kappa shape index (κ1) is 14.5. The predicted octanol–water partition coefficient (Wildman–Crippen LogP) is -0.242. The molecule has 0 aliphatic rings. The van der Waals surface area contributed by atoms with E-state index < -0.39 is 32.2 Å². The van der Waals surface area contributed by atoms with E-state index in [-0.39, 0.29) is 6.54 Å². The molecule has 0 aliphatic heterocycles. The molecule has 0 fully saturated rings. The van der Waals surface area contributed by atoms with Crippen LogP contribution in [-0.4, -0.2) is 31.6 Å². The third-order valence-corrected chi connectivity index (χ3v) is 3.06. The smallest absolute Gasteiger partial charge is 0.288 e. The average molecular weight is 248 g/mol. The van der Waals surface area contributed by atoms with Crippen LogP contribution in [0.5, 0.6) is 0 Å².